The summed E-state index contributed by atoms with van der Waals surface area (Å²) in [4.78, 5) is 8.41. The zero-order valence-corrected chi connectivity index (χ0v) is 16.5. The van der Waals surface area contributed by atoms with Crippen molar-refractivity contribution in [3.05, 3.63) is 51.1 Å². The maximum Gasteiger partial charge on any atom is 0.130 e. The fourth-order valence-corrected chi connectivity index (χ4v) is 4.85. The van der Waals surface area contributed by atoms with Crippen LogP contribution in [0.25, 0.3) is 16.3 Å². The Bertz CT molecular complexity index is 858. The predicted molar refractivity (Wildman–Crippen MR) is 104 cm³/mol. The molecular weight excluding hydrogens is 410 g/mol. The minimum absolute atomic E-state index is 0.129. The van der Waals surface area contributed by atoms with Gasteiger partial charge in [0, 0.05) is 28.8 Å². The van der Waals surface area contributed by atoms with Crippen LogP contribution >= 0.6 is 38.9 Å². The van der Waals surface area contributed by atoms with Crippen LogP contribution in [0.3, 0.4) is 0 Å². The van der Waals surface area contributed by atoms with Gasteiger partial charge >= 0.3 is 0 Å². The fraction of sp³-hybridized carbons (Fsp3) is 0.294. The second-order valence-corrected chi connectivity index (χ2v) is 7.81. The number of fused-ring (bicyclic) bond motifs is 1. The number of nitrogens with two attached hydrogens (primary N) is 1. The summed E-state index contributed by atoms with van der Waals surface area (Å²) in [6.45, 7) is 2.03. The lowest BCUT2D eigenvalue weighted by Gasteiger charge is -2.16. The Balaban J connectivity index is 1.93. The van der Waals surface area contributed by atoms with Crippen LogP contribution in [-0.2, 0) is 4.74 Å². The number of methoxy groups -OCH3 is 1. The first kappa shape index (κ1) is 17.5. The van der Waals surface area contributed by atoms with E-state index in [1.54, 1.807) is 24.8 Å². The molecule has 2 N–H and O–H groups in total. The Morgan fingerprint density at radius 2 is 2.29 bits per heavy atom. The highest BCUT2D eigenvalue weighted by Crippen LogP contribution is 2.37. The Hall–Kier alpha value is -1.37. The molecule has 0 spiro atoms. The van der Waals surface area contributed by atoms with Crippen molar-refractivity contribution >= 4 is 55.2 Å². The number of ether oxygens (including phenoxy) is 1. The lowest BCUT2D eigenvalue weighted by molar-refractivity contribution is 0.275. The molecule has 0 saturated carbocycles. The normalized spacial score (nSPS) is 22.5. The molecule has 0 saturated heterocycles. The number of alkyl halides is 1. The van der Waals surface area contributed by atoms with E-state index in [9.17, 15) is 0 Å². The van der Waals surface area contributed by atoms with Crippen molar-refractivity contribution in [2.45, 2.75) is 18.7 Å². The maximum atomic E-state index is 6.52. The van der Waals surface area contributed by atoms with Crippen LogP contribution in [0.5, 0.6) is 0 Å². The van der Waals surface area contributed by atoms with Crippen LogP contribution in [0.15, 0.2) is 45.5 Å². The van der Waals surface area contributed by atoms with Gasteiger partial charge in [-0.15, -0.1) is 22.9 Å². The molecule has 0 bridgehead atoms. The van der Waals surface area contributed by atoms with Gasteiger partial charge in [-0.05, 0) is 34.8 Å². The number of nitrogens with zero attached hydrogens (tertiary/aromatic N) is 2. The van der Waals surface area contributed by atoms with Gasteiger partial charge in [0.25, 0.3) is 0 Å². The third kappa shape index (κ3) is 3.23. The first-order valence-electron chi connectivity index (χ1n) is 7.42. The monoisotopic (exact) mass is 425 g/mol. The van der Waals surface area contributed by atoms with Crippen molar-refractivity contribution in [1.29, 1.82) is 0 Å². The van der Waals surface area contributed by atoms with Gasteiger partial charge in [-0.3, -0.25) is 0 Å². The van der Waals surface area contributed by atoms with Crippen LogP contribution in [-0.4, -0.2) is 22.5 Å². The molecule has 2 aromatic heterocycles. The summed E-state index contributed by atoms with van der Waals surface area (Å²) in [6, 6.07) is 0. The number of hydrogen-bond donors (Lipinski definition) is 1. The van der Waals surface area contributed by atoms with Crippen molar-refractivity contribution in [3.8, 4) is 0 Å². The van der Waals surface area contributed by atoms with Crippen LogP contribution in [0.1, 0.15) is 18.9 Å². The van der Waals surface area contributed by atoms with Crippen molar-refractivity contribution in [2.75, 3.05) is 7.11 Å². The van der Waals surface area contributed by atoms with Gasteiger partial charge in [-0.25, -0.2) is 9.97 Å². The van der Waals surface area contributed by atoms with E-state index >= 15 is 0 Å². The van der Waals surface area contributed by atoms with Gasteiger partial charge in [0.2, 0.25) is 0 Å². The quantitative estimate of drug-likeness (QED) is 0.715. The average molecular weight is 427 g/mol. The molecular formula is C17H17BrClN3OS. The lowest BCUT2D eigenvalue weighted by atomic mass is 9.94. The van der Waals surface area contributed by atoms with Gasteiger partial charge in [0.05, 0.1) is 27.2 Å². The van der Waals surface area contributed by atoms with Crippen molar-refractivity contribution in [2.24, 2.45) is 11.7 Å². The average Bonchev–Trinajstić information content (AvgIpc) is 2.98. The van der Waals surface area contributed by atoms with Crippen LogP contribution in [0.4, 0.5) is 0 Å². The lowest BCUT2D eigenvalue weighted by Crippen LogP contribution is -2.10. The molecule has 2 unspecified atom stereocenters. The Kier molecular flexibility index (Phi) is 5.27. The molecule has 0 aliphatic heterocycles. The molecule has 24 heavy (non-hydrogen) atoms. The minimum Gasteiger partial charge on any atom is -0.498 e. The topological polar surface area (TPSA) is 61.0 Å². The summed E-state index contributed by atoms with van der Waals surface area (Å²) in [5.41, 5.74) is 10.1. The number of rotatable bonds is 3. The van der Waals surface area contributed by atoms with E-state index in [0.717, 1.165) is 32.3 Å². The van der Waals surface area contributed by atoms with Gasteiger partial charge < -0.3 is 10.5 Å². The van der Waals surface area contributed by atoms with Crippen LogP contribution < -0.4 is 5.73 Å². The van der Waals surface area contributed by atoms with Gasteiger partial charge in [-0.2, -0.15) is 0 Å². The summed E-state index contributed by atoms with van der Waals surface area (Å²) in [5.74, 6) is 0.808. The second-order valence-electron chi connectivity index (χ2n) is 5.57. The third-order valence-corrected chi connectivity index (χ3v) is 6.29. The standard InChI is InChI=1S/C17H17BrClN3OS/c1-9-10(5-12(19)17(23-2)14(18)15(9)20)3-4-11-7-24-13-6-21-8-22-16(11)13/h3-4,6-8,10,12H,5,20H2,1-2H3/b4-3+. The molecule has 0 radical (unpaired) electrons. The summed E-state index contributed by atoms with van der Waals surface area (Å²) in [6.07, 6.45) is 8.35. The molecule has 1 aliphatic rings. The summed E-state index contributed by atoms with van der Waals surface area (Å²) < 4.78 is 7.24. The SMILES string of the molecule is COC1=C(Br)C(N)=C(C)C(/C=C/c2csc3cncnc23)CC1Cl. The summed E-state index contributed by atoms with van der Waals surface area (Å²) in [7, 11) is 1.61. The molecule has 0 amide bonds. The van der Waals surface area contributed by atoms with E-state index in [-0.39, 0.29) is 11.3 Å². The van der Waals surface area contributed by atoms with Crippen molar-refractivity contribution in [1.82, 2.24) is 9.97 Å². The van der Waals surface area contributed by atoms with Crippen LogP contribution in [0, 0.1) is 5.92 Å². The Morgan fingerprint density at radius 3 is 3.04 bits per heavy atom. The second kappa shape index (κ2) is 7.25. The van der Waals surface area contributed by atoms with Gasteiger partial charge in [0.15, 0.2) is 0 Å². The summed E-state index contributed by atoms with van der Waals surface area (Å²) >= 11 is 11.7. The molecule has 0 fully saturated rings. The van der Waals surface area contributed by atoms with E-state index in [0.29, 0.717) is 11.5 Å². The van der Waals surface area contributed by atoms with E-state index < -0.39 is 0 Å². The van der Waals surface area contributed by atoms with Crippen LogP contribution in [0.2, 0.25) is 0 Å². The van der Waals surface area contributed by atoms with E-state index in [4.69, 9.17) is 22.1 Å². The van der Waals surface area contributed by atoms with E-state index in [2.05, 4.69) is 43.4 Å². The number of hydrogen-bond acceptors (Lipinski definition) is 5. The fourth-order valence-electron chi connectivity index (χ4n) is 2.73. The third-order valence-electron chi connectivity index (χ3n) is 4.17. The maximum absolute atomic E-state index is 6.52. The highest BCUT2D eigenvalue weighted by atomic mass is 79.9. The van der Waals surface area contributed by atoms with Crippen molar-refractivity contribution < 1.29 is 4.74 Å². The molecule has 2 aromatic rings. The summed E-state index contributed by atoms with van der Waals surface area (Å²) in [5, 5.41) is 1.85. The highest BCUT2D eigenvalue weighted by Gasteiger charge is 2.27. The Labute approximate surface area is 158 Å². The van der Waals surface area contributed by atoms with Crippen molar-refractivity contribution in [3.63, 3.8) is 0 Å². The predicted octanol–water partition coefficient (Wildman–Crippen LogP) is 4.82. The molecule has 3 rings (SSSR count). The van der Waals surface area contributed by atoms with Gasteiger partial charge in [0.1, 0.15) is 12.1 Å². The smallest absolute Gasteiger partial charge is 0.130 e. The molecule has 7 heteroatoms. The number of aromatic nitrogens is 2. The van der Waals surface area contributed by atoms with E-state index in [1.807, 2.05) is 13.1 Å². The molecule has 2 atom stereocenters. The molecule has 2 heterocycles. The zero-order valence-electron chi connectivity index (χ0n) is 13.3. The molecule has 126 valence electrons. The first-order valence-corrected chi connectivity index (χ1v) is 9.53. The Morgan fingerprint density at radius 1 is 1.50 bits per heavy atom. The van der Waals surface area contributed by atoms with Gasteiger partial charge in [-0.1, -0.05) is 12.2 Å². The molecule has 4 nitrogen and oxygen atoms in total. The largest absolute Gasteiger partial charge is 0.498 e. The van der Waals surface area contributed by atoms with E-state index in [1.165, 1.54) is 0 Å². The zero-order chi connectivity index (χ0) is 17.3. The minimum atomic E-state index is -0.239. The number of allylic oxidation sites excluding steroid dienone is 4. The molecule has 1 aliphatic carbocycles. The highest BCUT2D eigenvalue weighted by molar-refractivity contribution is 9.12. The number of halogens is 2. The first-order chi connectivity index (χ1) is 11.5. The number of thiophene rings is 1. The molecule has 0 aromatic carbocycles.